The van der Waals surface area contributed by atoms with Crippen LogP contribution in [0.3, 0.4) is 0 Å². The van der Waals surface area contributed by atoms with Crippen LogP contribution in [0.25, 0.3) is 0 Å². The monoisotopic (exact) mass is 481 g/mol. The molecule has 1 aliphatic heterocycles. The molecule has 0 aliphatic carbocycles. The lowest BCUT2D eigenvalue weighted by molar-refractivity contribution is -0.187. The molecule has 184 valence electrons. The highest BCUT2D eigenvalue weighted by Gasteiger charge is 2.35. The molecule has 1 unspecified atom stereocenters. The maximum absolute atomic E-state index is 13.4. The number of hydrogen-bond acceptors (Lipinski definition) is 6. The van der Waals surface area contributed by atoms with Crippen LogP contribution in [0.4, 0.5) is 18.0 Å². The van der Waals surface area contributed by atoms with Gasteiger partial charge in [0.15, 0.2) is 12.6 Å². The molecule has 11 heteroatoms. The second-order valence-corrected chi connectivity index (χ2v) is 8.95. The van der Waals surface area contributed by atoms with E-state index in [1.165, 1.54) is 24.0 Å². The van der Waals surface area contributed by atoms with Gasteiger partial charge >= 0.3 is 18.2 Å². The van der Waals surface area contributed by atoms with E-state index in [4.69, 9.17) is 4.74 Å². The van der Waals surface area contributed by atoms with E-state index < -0.39 is 42.0 Å². The molecule has 1 amide bonds. The highest BCUT2D eigenvalue weighted by atomic mass is 19.4. The van der Waals surface area contributed by atoms with Crippen molar-refractivity contribution in [2.24, 2.45) is 0 Å². The van der Waals surface area contributed by atoms with E-state index in [0.29, 0.717) is 5.69 Å². The second-order valence-electron chi connectivity index (χ2n) is 8.95. The van der Waals surface area contributed by atoms with Crippen LogP contribution >= 0.6 is 0 Å². The summed E-state index contributed by atoms with van der Waals surface area (Å²) in [7, 11) is 0. The van der Waals surface area contributed by atoms with Gasteiger partial charge in [-0.3, -0.25) is 9.36 Å². The summed E-state index contributed by atoms with van der Waals surface area (Å²) in [6.45, 7) is 5.15. The van der Waals surface area contributed by atoms with Crippen molar-refractivity contribution >= 4 is 12.1 Å². The number of alkyl halides is 3. The van der Waals surface area contributed by atoms with Crippen LogP contribution in [0.2, 0.25) is 0 Å². The number of halogens is 3. The first-order valence-corrected chi connectivity index (χ1v) is 10.6. The van der Waals surface area contributed by atoms with E-state index in [9.17, 15) is 27.6 Å². The quantitative estimate of drug-likeness (QED) is 0.621. The van der Waals surface area contributed by atoms with Gasteiger partial charge in [-0.25, -0.2) is 14.6 Å². The molecule has 3 rings (SSSR count). The molecule has 1 aliphatic rings. The summed E-state index contributed by atoms with van der Waals surface area (Å²) in [4.78, 5) is 44.5. The predicted octanol–water partition coefficient (Wildman–Crippen LogP) is 3.54. The minimum Gasteiger partial charge on any atom is -0.454 e. The van der Waals surface area contributed by atoms with Gasteiger partial charge in [0.1, 0.15) is 11.4 Å². The third-order valence-electron chi connectivity index (χ3n) is 5.07. The van der Waals surface area contributed by atoms with Crippen LogP contribution in [0.1, 0.15) is 49.5 Å². The van der Waals surface area contributed by atoms with Crippen molar-refractivity contribution in [3.05, 3.63) is 63.3 Å². The van der Waals surface area contributed by atoms with Crippen molar-refractivity contribution in [3.8, 4) is 0 Å². The fourth-order valence-electron chi connectivity index (χ4n) is 3.67. The molecule has 1 atom stereocenters. The molecule has 2 aromatic rings. The molecule has 0 spiro atoms. The maximum Gasteiger partial charge on any atom is 0.422 e. The predicted molar refractivity (Wildman–Crippen MR) is 115 cm³/mol. The van der Waals surface area contributed by atoms with E-state index in [-0.39, 0.29) is 36.5 Å². The molecule has 8 nitrogen and oxygen atoms in total. The summed E-state index contributed by atoms with van der Waals surface area (Å²) in [5.41, 5.74) is -0.331. The third-order valence-corrected chi connectivity index (χ3v) is 5.07. The first-order valence-electron chi connectivity index (χ1n) is 10.6. The first kappa shape index (κ1) is 25.3. The largest absolute Gasteiger partial charge is 0.454 e. The zero-order valence-electron chi connectivity index (χ0n) is 19.3. The van der Waals surface area contributed by atoms with E-state index in [2.05, 4.69) is 9.72 Å². The number of fused-ring (bicyclic) bond motifs is 1. The van der Waals surface area contributed by atoms with Crippen molar-refractivity contribution < 1.29 is 32.2 Å². The number of esters is 1. The molecule has 1 aromatic heterocycles. The summed E-state index contributed by atoms with van der Waals surface area (Å²) in [6.07, 6.45) is -5.10. The molecule has 0 N–H and O–H groups in total. The number of ether oxygens (including phenoxy) is 2. The Balaban J connectivity index is 1.99. The van der Waals surface area contributed by atoms with Gasteiger partial charge < -0.3 is 14.4 Å². The van der Waals surface area contributed by atoms with E-state index >= 15 is 0 Å². The zero-order valence-corrected chi connectivity index (χ0v) is 19.3. The highest BCUT2D eigenvalue weighted by Crippen LogP contribution is 2.24. The van der Waals surface area contributed by atoms with Crippen molar-refractivity contribution in [1.82, 2.24) is 14.5 Å². The van der Waals surface area contributed by atoms with Crippen LogP contribution in [-0.2, 0) is 27.2 Å². The molecule has 0 radical (unpaired) electrons. The number of hydrogen-bond donors (Lipinski definition) is 0. The molecule has 0 fully saturated rings. The summed E-state index contributed by atoms with van der Waals surface area (Å²) in [5, 5.41) is 0. The topological polar surface area (TPSA) is 90.7 Å². The number of aryl methyl sites for hydroxylation is 1. The number of benzene rings is 1. The van der Waals surface area contributed by atoms with Crippen LogP contribution in [0.15, 0.2) is 35.1 Å². The van der Waals surface area contributed by atoms with Gasteiger partial charge in [-0.15, -0.1) is 0 Å². The zero-order chi connectivity index (χ0) is 25.3. The van der Waals surface area contributed by atoms with Crippen LogP contribution in [0.5, 0.6) is 0 Å². The molecular formula is C23H26F3N3O5. The minimum absolute atomic E-state index is 0.0374. The standard InChI is InChI=1S/C23H26F3N3O5/c1-14-27-17-12-28(21(32)34-22(2,3)4)11-10-16(17)19(30)29(14)18(15-8-6-5-7-9-15)20(31)33-13-23(24,25)26/h5-9,18H,10-13H2,1-4H3. The maximum atomic E-state index is 13.4. The minimum atomic E-state index is -4.71. The number of rotatable bonds is 4. The van der Waals surface area contributed by atoms with Gasteiger partial charge in [0.05, 0.1) is 12.2 Å². The van der Waals surface area contributed by atoms with Crippen LogP contribution in [-0.4, -0.2) is 51.4 Å². The highest BCUT2D eigenvalue weighted by molar-refractivity contribution is 5.78. The molecule has 2 heterocycles. The van der Waals surface area contributed by atoms with Gasteiger partial charge in [-0.1, -0.05) is 30.3 Å². The fourth-order valence-corrected chi connectivity index (χ4v) is 3.67. The van der Waals surface area contributed by atoms with Crippen LogP contribution < -0.4 is 5.56 Å². The molecule has 34 heavy (non-hydrogen) atoms. The Labute approximate surface area is 194 Å². The Morgan fingerprint density at radius 2 is 1.79 bits per heavy atom. The number of carbonyl (C=O) groups is 2. The number of nitrogens with zero attached hydrogens (tertiary/aromatic N) is 3. The van der Waals surface area contributed by atoms with Gasteiger partial charge in [-0.2, -0.15) is 13.2 Å². The number of amides is 1. The molecule has 0 bridgehead atoms. The van der Waals surface area contributed by atoms with E-state index in [0.717, 1.165) is 4.57 Å². The summed E-state index contributed by atoms with van der Waals surface area (Å²) in [6, 6.07) is 6.48. The lowest BCUT2D eigenvalue weighted by atomic mass is 10.0. The van der Waals surface area contributed by atoms with E-state index in [1.807, 2.05) is 0 Å². The van der Waals surface area contributed by atoms with E-state index in [1.54, 1.807) is 39.0 Å². The van der Waals surface area contributed by atoms with Crippen molar-refractivity contribution in [3.63, 3.8) is 0 Å². The average molecular weight is 481 g/mol. The smallest absolute Gasteiger partial charge is 0.422 e. The number of carbonyl (C=O) groups excluding carboxylic acids is 2. The lowest BCUT2D eigenvalue weighted by Crippen LogP contribution is -2.44. The molecular weight excluding hydrogens is 455 g/mol. The first-order chi connectivity index (χ1) is 15.8. The van der Waals surface area contributed by atoms with Gasteiger partial charge in [0.2, 0.25) is 0 Å². The van der Waals surface area contributed by atoms with Crippen molar-refractivity contribution in [1.29, 1.82) is 0 Å². The van der Waals surface area contributed by atoms with Gasteiger partial charge in [0, 0.05) is 12.1 Å². The number of aromatic nitrogens is 2. The summed E-state index contributed by atoms with van der Waals surface area (Å²) < 4.78 is 49.0. The van der Waals surface area contributed by atoms with Crippen LogP contribution in [0, 0.1) is 6.92 Å². The Morgan fingerprint density at radius 3 is 2.38 bits per heavy atom. The van der Waals surface area contributed by atoms with Crippen molar-refractivity contribution in [2.45, 2.75) is 58.5 Å². The fraction of sp³-hybridized carbons (Fsp3) is 0.478. The Bertz CT molecular complexity index is 1120. The lowest BCUT2D eigenvalue weighted by Gasteiger charge is -2.31. The van der Waals surface area contributed by atoms with Gasteiger partial charge in [-0.05, 0) is 39.7 Å². The third kappa shape index (κ3) is 5.95. The Hall–Kier alpha value is -3.37. The molecule has 1 aromatic carbocycles. The second kappa shape index (κ2) is 9.47. The van der Waals surface area contributed by atoms with Gasteiger partial charge in [0.25, 0.3) is 5.56 Å². The Morgan fingerprint density at radius 1 is 1.15 bits per heavy atom. The molecule has 0 saturated heterocycles. The normalized spacial score (nSPS) is 14.9. The Kier molecular flexibility index (Phi) is 7.04. The molecule has 0 saturated carbocycles. The summed E-state index contributed by atoms with van der Waals surface area (Å²) in [5.74, 6) is -1.12. The summed E-state index contributed by atoms with van der Waals surface area (Å²) >= 11 is 0. The van der Waals surface area contributed by atoms with Crippen molar-refractivity contribution in [2.75, 3.05) is 13.2 Å². The SMILES string of the molecule is Cc1nc2c(c(=O)n1C(C(=O)OCC(F)(F)F)c1ccccc1)CCN(C(=O)OC(C)(C)C)C2. The average Bonchev–Trinajstić information content (AvgIpc) is 2.73.